The molecule has 0 saturated carbocycles. The summed E-state index contributed by atoms with van der Waals surface area (Å²) in [4.78, 5) is 54.0. The molecule has 1 unspecified atom stereocenters. The Morgan fingerprint density at radius 2 is 1.92 bits per heavy atom. The smallest absolute Gasteiger partial charge is 0.332 e. The van der Waals surface area contributed by atoms with Gasteiger partial charge in [0.15, 0.2) is 11.2 Å². The fourth-order valence-corrected chi connectivity index (χ4v) is 2.42. The fourth-order valence-electron chi connectivity index (χ4n) is 2.42. The molecule has 0 fully saturated rings. The van der Waals surface area contributed by atoms with Crippen LogP contribution in [0.2, 0.25) is 0 Å². The van der Waals surface area contributed by atoms with E-state index in [1.807, 2.05) is 0 Å². The molecule has 10 heteroatoms. The van der Waals surface area contributed by atoms with E-state index in [9.17, 15) is 19.2 Å². The maximum atomic E-state index is 12.5. The van der Waals surface area contributed by atoms with Crippen molar-refractivity contribution in [2.75, 3.05) is 14.1 Å². The zero-order chi connectivity index (χ0) is 18.2. The number of amides is 2. The van der Waals surface area contributed by atoms with E-state index in [1.165, 1.54) is 34.3 Å². The maximum absolute atomic E-state index is 12.5. The molecule has 2 heterocycles. The van der Waals surface area contributed by atoms with Gasteiger partial charge < -0.3 is 14.8 Å². The first-order valence-corrected chi connectivity index (χ1v) is 7.26. The molecule has 2 aromatic rings. The number of aromatic nitrogens is 4. The van der Waals surface area contributed by atoms with Crippen LogP contribution in [0.1, 0.15) is 6.92 Å². The minimum absolute atomic E-state index is 0.224. The number of nitrogens with one attached hydrogen (secondary N) is 1. The summed E-state index contributed by atoms with van der Waals surface area (Å²) in [5.74, 6) is -0.885. The highest BCUT2D eigenvalue weighted by Gasteiger charge is 2.20. The number of hydrogen-bond acceptors (Lipinski definition) is 5. The van der Waals surface area contributed by atoms with Gasteiger partial charge in [0.05, 0.1) is 6.33 Å². The Bertz CT molecular complexity index is 920. The summed E-state index contributed by atoms with van der Waals surface area (Å²) in [7, 11) is 6.25. The summed E-state index contributed by atoms with van der Waals surface area (Å²) in [5, 5.41) is 2.48. The summed E-state index contributed by atoms with van der Waals surface area (Å²) in [6, 6.07) is -0.757. The number of likely N-dealkylation sites (N-methyl/N-ethyl adjacent to an activating group) is 1. The Morgan fingerprint density at radius 3 is 2.50 bits per heavy atom. The molecule has 130 valence electrons. The molecule has 0 saturated heterocycles. The van der Waals surface area contributed by atoms with Gasteiger partial charge in [-0.25, -0.2) is 14.3 Å². The highest BCUT2D eigenvalue weighted by atomic mass is 16.2. The van der Waals surface area contributed by atoms with Crippen LogP contribution in [0.3, 0.4) is 0 Å². The molecule has 0 aromatic carbocycles. The predicted octanol–water partition coefficient (Wildman–Crippen LogP) is -1.97. The number of aryl methyl sites for hydroxylation is 2. The van der Waals surface area contributed by atoms with Crippen molar-refractivity contribution in [1.82, 2.24) is 28.9 Å². The van der Waals surface area contributed by atoms with Gasteiger partial charge in [-0.1, -0.05) is 0 Å². The SMILES string of the molecule is CC(NC(=O)Cn1c(=O)c2c(ncn2C)n(C)c1=O)C(=O)N(C)C. The summed E-state index contributed by atoms with van der Waals surface area (Å²) in [6.07, 6.45) is 1.42. The molecular weight excluding hydrogens is 316 g/mol. The molecule has 0 aliphatic heterocycles. The van der Waals surface area contributed by atoms with E-state index in [0.29, 0.717) is 0 Å². The number of rotatable bonds is 4. The molecule has 0 radical (unpaired) electrons. The fraction of sp³-hybridized carbons (Fsp3) is 0.500. The first-order chi connectivity index (χ1) is 11.1. The van der Waals surface area contributed by atoms with Gasteiger partial charge in [-0.2, -0.15) is 0 Å². The number of fused-ring (bicyclic) bond motifs is 1. The molecule has 10 nitrogen and oxygen atoms in total. The number of imidazole rings is 1. The van der Waals surface area contributed by atoms with E-state index in [0.717, 1.165) is 4.57 Å². The maximum Gasteiger partial charge on any atom is 0.332 e. The summed E-state index contributed by atoms with van der Waals surface area (Å²) < 4.78 is 3.52. The van der Waals surface area contributed by atoms with Crippen molar-refractivity contribution in [3.63, 3.8) is 0 Å². The monoisotopic (exact) mass is 336 g/mol. The predicted molar refractivity (Wildman–Crippen MR) is 86.5 cm³/mol. The zero-order valence-corrected chi connectivity index (χ0v) is 14.2. The summed E-state index contributed by atoms with van der Waals surface area (Å²) >= 11 is 0. The van der Waals surface area contributed by atoms with Gasteiger partial charge in [-0.3, -0.25) is 19.0 Å². The molecular formula is C14H20N6O4. The lowest BCUT2D eigenvalue weighted by molar-refractivity contribution is -0.134. The van der Waals surface area contributed by atoms with Crippen molar-refractivity contribution >= 4 is 23.0 Å². The Kier molecular flexibility index (Phi) is 4.58. The Labute approximate surface area is 137 Å². The first-order valence-electron chi connectivity index (χ1n) is 7.26. The van der Waals surface area contributed by atoms with Crippen molar-refractivity contribution in [2.45, 2.75) is 19.5 Å². The molecule has 1 N–H and O–H groups in total. The van der Waals surface area contributed by atoms with Crippen LogP contribution in [0.5, 0.6) is 0 Å². The minimum Gasteiger partial charge on any atom is -0.347 e. The molecule has 0 aliphatic rings. The molecule has 0 aliphatic carbocycles. The summed E-state index contributed by atoms with van der Waals surface area (Å²) in [5.41, 5.74) is -0.773. The van der Waals surface area contributed by atoms with Crippen LogP contribution in [0.4, 0.5) is 0 Å². The molecule has 2 aromatic heterocycles. The second-order valence-corrected chi connectivity index (χ2v) is 5.78. The van der Waals surface area contributed by atoms with E-state index in [-0.39, 0.29) is 17.1 Å². The highest BCUT2D eigenvalue weighted by Crippen LogP contribution is 2.02. The number of carbonyl (C=O) groups is 2. The molecule has 2 rings (SSSR count). The number of hydrogen-bond donors (Lipinski definition) is 1. The third-order valence-electron chi connectivity index (χ3n) is 3.69. The number of carbonyl (C=O) groups excluding carboxylic acids is 2. The zero-order valence-electron chi connectivity index (χ0n) is 14.2. The van der Waals surface area contributed by atoms with E-state index in [1.54, 1.807) is 21.1 Å². The topological polar surface area (TPSA) is 111 Å². The first kappa shape index (κ1) is 17.4. The van der Waals surface area contributed by atoms with Crippen molar-refractivity contribution in [1.29, 1.82) is 0 Å². The van der Waals surface area contributed by atoms with Crippen molar-refractivity contribution in [3.8, 4) is 0 Å². The van der Waals surface area contributed by atoms with Gasteiger partial charge in [0.1, 0.15) is 12.6 Å². The average molecular weight is 336 g/mol. The van der Waals surface area contributed by atoms with Gasteiger partial charge in [-0.05, 0) is 6.92 Å². The van der Waals surface area contributed by atoms with Gasteiger partial charge in [0, 0.05) is 28.2 Å². The minimum atomic E-state index is -0.757. The van der Waals surface area contributed by atoms with Crippen LogP contribution in [0.15, 0.2) is 15.9 Å². The molecule has 1 atom stereocenters. The van der Waals surface area contributed by atoms with E-state index in [4.69, 9.17) is 0 Å². The Morgan fingerprint density at radius 1 is 1.29 bits per heavy atom. The second kappa shape index (κ2) is 6.30. The molecule has 2 amide bonds. The lowest BCUT2D eigenvalue weighted by Gasteiger charge is -2.18. The van der Waals surface area contributed by atoms with Gasteiger partial charge >= 0.3 is 5.69 Å². The van der Waals surface area contributed by atoms with Crippen molar-refractivity contribution in [3.05, 3.63) is 27.2 Å². The van der Waals surface area contributed by atoms with E-state index >= 15 is 0 Å². The molecule has 0 bridgehead atoms. The molecule has 0 spiro atoms. The van der Waals surface area contributed by atoms with Crippen LogP contribution in [0, 0.1) is 0 Å². The molecule has 24 heavy (non-hydrogen) atoms. The van der Waals surface area contributed by atoms with E-state index < -0.39 is 29.7 Å². The van der Waals surface area contributed by atoms with Crippen molar-refractivity contribution < 1.29 is 9.59 Å². The third kappa shape index (κ3) is 2.94. The number of nitrogens with zero attached hydrogens (tertiary/aromatic N) is 5. The van der Waals surface area contributed by atoms with Crippen LogP contribution in [-0.2, 0) is 30.2 Å². The van der Waals surface area contributed by atoms with E-state index in [2.05, 4.69) is 10.3 Å². The average Bonchev–Trinajstić information content (AvgIpc) is 2.90. The largest absolute Gasteiger partial charge is 0.347 e. The van der Waals surface area contributed by atoms with Gasteiger partial charge in [0.25, 0.3) is 5.56 Å². The van der Waals surface area contributed by atoms with Crippen LogP contribution >= 0.6 is 0 Å². The van der Waals surface area contributed by atoms with Crippen molar-refractivity contribution in [2.24, 2.45) is 14.1 Å². The van der Waals surface area contributed by atoms with Crippen LogP contribution < -0.4 is 16.6 Å². The Balaban J connectivity index is 2.35. The normalized spacial score (nSPS) is 12.2. The summed E-state index contributed by atoms with van der Waals surface area (Å²) in [6.45, 7) is 1.06. The third-order valence-corrected chi connectivity index (χ3v) is 3.69. The Hall–Kier alpha value is -2.91. The van der Waals surface area contributed by atoms with Gasteiger partial charge in [-0.15, -0.1) is 0 Å². The highest BCUT2D eigenvalue weighted by molar-refractivity contribution is 5.87. The second-order valence-electron chi connectivity index (χ2n) is 5.78. The standard InChI is InChI=1S/C14H20N6O4/c1-8(12(22)17(2)3)16-9(21)6-20-13(23)10-11(15-7-18(10)4)19(5)14(20)24/h7-8H,6H2,1-5H3,(H,16,21). The van der Waals surface area contributed by atoms with Crippen LogP contribution in [-0.4, -0.2) is 55.5 Å². The quantitative estimate of drug-likeness (QED) is 0.696. The van der Waals surface area contributed by atoms with Gasteiger partial charge in [0.2, 0.25) is 11.8 Å². The van der Waals surface area contributed by atoms with Crippen LogP contribution in [0.25, 0.3) is 11.2 Å². The lowest BCUT2D eigenvalue weighted by atomic mass is 10.3. The lowest BCUT2D eigenvalue weighted by Crippen LogP contribution is -2.48.